The molecule has 30 valence electrons. The summed E-state index contributed by atoms with van der Waals surface area (Å²) < 4.78 is 42.0. The lowest BCUT2D eigenvalue weighted by Gasteiger charge is -1.80. The lowest BCUT2D eigenvalue weighted by molar-refractivity contribution is -0.137. The van der Waals surface area contributed by atoms with Gasteiger partial charge in [0.1, 0.15) is 0 Å². The summed E-state index contributed by atoms with van der Waals surface area (Å²) in [6.07, 6.45) is 0. The molecule has 5 heavy (non-hydrogen) atoms. The maximum Gasteiger partial charge on any atom is 0.302 e. The van der Waals surface area contributed by atoms with Gasteiger partial charge in [0.15, 0.2) is 0 Å². The molecule has 0 fully saturated rings. The monoisotopic (exact) mass is 80.1 g/mol. The van der Waals surface area contributed by atoms with Gasteiger partial charge in [0.2, 0.25) is 0 Å². The van der Waals surface area contributed by atoms with E-state index in [4.69, 9.17) is 8.22 Å². The molecule has 0 amide bonds. The number of carbonyl (C=O) groups is 1. The first kappa shape index (κ1) is 0.600. The van der Waals surface area contributed by atoms with E-state index in [9.17, 15) is 4.79 Å². The van der Waals surface area contributed by atoms with E-state index < -0.39 is 19.9 Å². The SMILES string of the molecule is [2H]C([2H])([2H])OC(=O)C([2H])([2H])[2H]. The van der Waals surface area contributed by atoms with Gasteiger partial charge in [-0.2, -0.15) is 0 Å². The second-order valence-corrected chi connectivity index (χ2v) is 0.390. The molecule has 0 aliphatic rings. The third-order valence-corrected chi connectivity index (χ3v) is 0.0927. The first-order valence-corrected chi connectivity index (χ1v) is 0.862. The van der Waals surface area contributed by atoms with E-state index in [1.54, 1.807) is 0 Å². The first-order valence-electron chi connectivity index (χ1n) is 3.86. The van der Waals surface area contributed by atoms with Gasteiger partial charge in [-0.25, -0.2) is 0 Å². The molecule has 0 aliphatic heterocycles. The minimum Gasteiger partial charge on any atom is -0.469 e. The number of carbonyl (C=O) groups excluding carboxylic acids is 1. The third-order valence-electron chi connectivity index (χ3n) is 0.0927. The predicted octanol–water partition coefficient (Wildman–Crippen LogP) is 0.179. The molecule has 0 saturated carbocycles. The Morgan fingerprint density at radius 2 is 3.00 bits per heavy atom. The molecule has 0 aromatic carbocycles. The molecule has 0 N–H and O–H groups in total. The average Bonchev–Trinajstić information content (AvgIpc) is 1.56. The predicted molar refractivity (Wildman–Crippen MR) is 17.7 cm³/mol. The van der Waals surface area contributed by atoms with Crippen LogP contribution in [0.2, 0.25) is 0 Å². The molecule has 0 aromatic heterocycles. The van der Waals surface area contributed by atoms with Gasteiger partial charge in [0, 0.05) is 11.0 Å². The van der Waals surface area contributed by atoms with Gasteiger partial charge in [0.25, 0.3) is 0 Å². The summed E-state index contributed by atoms with van der Waals surface area (Å²) in [7, 11) is -2.98. The van der Waals surface area contributed by atoms with Crippen molar-refractivity contribution < 1.29 is 17.8 Å². The average molecular weight is 80.1 g/mol. The number of hydrogen-bond donors (Lipinski definition) is 0. The summed E-state index contributed by atoms with van der Waals surface area (Å²) in [5, 5.41) is 0. The van der Waals surface area contributed by atoms with Gasteiger partial charge in [0.05, 0.1) is 11.2 Å². The minimum absolute atomic E-state index is 1.71. The molecule has 2 nitrogen and oxygen atoms in total. The number of rotatable bonds is 0. The van der Waals surface area contributed by atoms with Crippen LogP contribution in [0.1, 0.15) is 15.1 Å². The van der Waals surface area contributed by atoms with Crippen molar-refractivity contribution in [2.24, 2.45) is 0 Å². The van der Waals surface area contributed by atoms with Crippen molar-refractivity contribution in [2.75, 3.05) is 7.04 Å². The Bertz CT molecular complexity index is 154. The number of esters is 1. The van der Waals surface area contributed by atoms with Gasteiger partial charge >= 0.3 is 5.97 Å². The van der Waals surface area contributed by atoms with Crippen LogP contribution >= 0.6 is 0 Å². The summed E-state index contributed by atoms with van der Waals surface area (Å²) >= 11 is 0. The van der Waals surface area contributed by atoms with E-state index in [1.807, 2.05) is 0 Å². The Labute approximate surface area is 39.2 Å². The Morgan fingerprint density at radius 3 is 3.20 bits per heavy atom. The van der Waals surface area contributed by atoms with E-state index in [0.717, 1.165) is 0 Å². The molecule has 0 radical (unpaired) electrons. The zero-order valence-corrected chi connectivity index (χ0v) is 2.32. The van der Waals surface area contributed by atoms with Crippen LogP contribution in [0.3, 0.4) is 0 Å². The largest absolute Gasteiger partial charge is 0.469 e. The molecule has 0 heterocycles. The van der Waals surface area contributed by atoms with E-state index in [1.165, 1.54) is 0 Å². The van der Waals surface area contributed by atoms with Crippen LogP contribution in [0.15, 0.2) is 0 Å². The van der Waals surface area contributed by atoms with Crippen molar-refractivity contribution in [1.82, 2.24) is 0 Å². The van der Waals surface area contributed by atoms with Crippen LogP contribution in [0.4, 0.5) is 0 Å². The number of ether oxygens (including phenoxy) is 1. The molecule has 0 aromatic rings. The Kier molecular flexibility index (Phi) is 0.211. The van der Waals surface area contributed by atoms with Gasteiger partial charge in [-0.05, 0) is 0 Å². The minimum atomic E-state index is -3.01. The van der Waals surface area contributed by atoms with Gasteiger partial charge < -0.3 is 4.74 Å². The molecule has 0 rings (SSSR count). The van der Waals surface area contributed by atoms with Crippen LogP contribution in [0, 0.1) is 0 Å². The Balaban J connectivity index is 4.11. The highest BCUT2D eigenvalue weighted by Gasteiger charge is 1.75. The van der Waals surface area contributed by atoms with Gasteiger partial charge in [-0.1, -0.05) is 0 Å². The molecule has 0 bridgehead atoms. The van der Waals surface area contributed by atoms with Crippen LogP contribution in [-0.4, -0.2) is 13.0 Å². The van der Waals surface area contributed by atoms with Crippen LogP contribution in [-0.2, 0) is 9.53 Å². The smallest absolute Gasteiger partial charge is 0.302 e. The maximum absolute atomic E-state index is 10.3. The number of hydrogen-bond acceptors (Lipinski definition) is 2. The topological polar surface area (TPSA) is 26.3 Å². The van der Waals surface area contributed by atoms with Gasteiger partial charge in [-0.3, -0.25) is 4.79 Å². The van der Waals surface area contributed by atoms with E-state index >= 15 is 0 Å². The summed E-state index contributed by atoms with van der Waals surface area (Å²) in [6, 6.07) is 0. The second kappa shape index (κ2) is 1.76. The molecule has 2 heteroatoms. The van der Waals surface area contributed by atoms with Crippen LogP contribution in [0.25, 0.3) is 0 Å². The fraction of sp³-hybridized carbons (Fsp3) is 0.667. The maximum atomic E-state index is 10.3. The van der Waals surface area contributed by atoms with E-state index in [0.29, 0.717) is 0 Å². The third kappa shape index (κ3) is 3.47. The van der Waals surface area contributed by atoms with Crippen molar-refractivity contribution in [2.45, 2.75) is 6.85 Å². The van der Waals surface area contributed by atoms with Crippen molar-refractivity contribution in [3.8, 4) is 0 Å². The van der Waals surface area contributed by atoms with Crippen molar-refractivity contribution in [1.29, 1.82) is 0 Å². The zero-order chi connectivity index (χ0) is 9.28. The highest BCUT2D eigenvalue weighted by Crippen LogP contribution is 1.60. The molecule has 0 aliphatic carbocycles. The molecule has 0 spiro atoms. The second-order valence-electron chi connectivity index (χ2n) is 0.390. The standard InChI is InChI=1S/C3H6O2/c1-3(4)5-2/h1-2H3/i1D3,2D3. The summed E-state index contributed by atoms with van der Waals surface area (Å²) in [5.74, 6) is -1.71. The molecular weight excluding hydrogens is 68.0 g/mol. The summed E-state index contributed by atoms with van der Waals surface area (Å²) in [4.78, 5) is 10.3. The molecular formula is C3H6O2. The van der Waals surface area contributed by atoms with E-state index in [2.05, 4.69) is 4.74 Å². The highest BCUT2D eigenvalue weighted by atomic mass is 16.5. The normalized spacial score (nSPS) is 29.6. The zero-order valence-electron chi connectivity index (χ0n) is 8.32. The van der Waals surface area contributed by atoms with Crippen LogP contribution < -0.4 is 0 Å². The van der Waals surface area contributed by atoms with Crippen molar-refractivity contribution in [3.63, 3.8) is 0 Å². The molecule has 0 saturated heterocycles. The van der Waals surface area contributed by atoms with Crippen molar-refractivity contribution in [3.05, 3.63) is 0 Å². The Morgan fingerprint density at radius 1 is 2.20 bits per heavy atom. The summed E-state index contributed by atoms with van der Waals surface area (Å²) in [5.41, 5.74) is 0. The first-order chi connectivity index (χ1) is 4.63. The lowest BCUT2D eigenvalue weighted by Crippen LogP contribution is -1.88. The van der Waals surface area contributed by atoms with Crippen molar-refractivity contribution >= 4 is 5.97 Å². The number of methoxy groups -OCH3 is 1. The molecule has 0 atom stereocenters. The highest BCUT2D eigenvalue weighted by molar-refractivity contribution is 5.65. The quantitative estimate of drug-likeness (QED) is 0.388. The Hall–Kier alpha value is -0.530. The lowest BCUT2D eigenvalue weighted by atomic mass is 10.8. The van der Waals surface area contributed by atoms with Crippen LogP contribution in [0.5, 0.6) is 0 Å². The van der Waals surface area contributed by atoms with Gasteiger partial charge in [-0.15, -0.1) is 0 Å². The fourth-order valence-corrected chi connectivity index (χ4v) is 0. The molecule has 0 unspecified atom stereocenters. The van der Waals surface area contributed by atoms with E-state index in [-0.39, 0.29) is 0 Å². The fourth-order valence-electron chi connectivity index (χ4n) is 0. The summed E-state index contributed by atoms with van der Waals surface area (Å²) in [6.45, 7) is -3.01.